The van der Waals surface area contributed by atoms with Crippen LogP contribution in [0.1, 0.15) is 58.3 Å². The molecule has 0 fully saturated rings. The van der Waals surface area contributed by atoms with Gasteiger partial charge in [0.05, 0.1) is 0 Å². The molecule has 110 valence electrons. The second-order valence-electron chi connectivity index (χ2n) is 3.93. The molecule has 6 heteroatoms. The van der Waals surface area contributed by atoms with Crippen molar-refractivity contribution in [1.82, 2.24) is 0 Å². The van der Waals surface area contributed by atoms with Gasteiger partial charge in [-0.05, 0) is 6.42 Å². The van der Waals surface area contributed by atoms with Gasteiger partial charge in [0.1, 0.15) is 0 Å². The number of unbranched alkanes of at least 4 members (excludes halogenated alkanes) is 6. The first-order chi connectivity index (χ1) is 8.41. The van der Waals surface area contributed by atoms with E-state index in [1.165, 1.54) is 32.1 Å². The average Bonchev–Trinajstić information content (AvgIpc) is 2.28. The van der Waals surface area contributed by atoms with E-state index in [1.807, 2.05) is 0 Å². The van der Waals surface area contributed by atoms with Gasteiger partial charge in [-0.25, -0.2) is 17.6 Å². The number of carboxylic acid groups (broad SMARTS) is 1. The summed E-state index contributed by atoms with van der Waals surface area (Å²) in [5.74, 6) is -0.663. The molecule has 0 heterocycles. The zero-order chi connectivity index (χ0) is 14.4. The van der Waals surface area contributed by atoms with Crippen LogP contribution in [0.5, 0.6) is 0 Å². The maximum atomic E-state index is 10.4. The lowest BCUT2D eigenvalue weighted by molar-refractivity contribution is -0.137. The quantitative estimate of drug-likeness (QED) is 0.487. The molecule has 0 radical (unpaired) electrons. The molecule has 0 saturated heterocycles. The van der Waals surface area contributed by atoms with Crippen LogP contribution in [-0.2, 0) is 4.79 Å². The predicted molar refractivity (Wildman–Crippen MR) is 62.3 cm³/mol. The molecule has 0 unspecified atom stereocenters. The summed E-state index contributed by atoms with van der Waals surface area (Å²) in [5, 5.41) is 8.35. The van der Waals surface area contributed by atoms with E-state index in [9.17, 15) is 22.4 Å². The lowest BCUT2D eigenvalue weighted by Crippen LogP contribution is -2.02. The third-order valence-electron chi connectivity index (χ3n) is 2.18. The normalized spacial score (nSPS) is 10.4. The molecule has 0 aliphatic heterocycles. The van der Waals surface area contributed by atoms with Gasteiger partial charge in [-0.15, -0.1) is 0 Å². The number of hydrogen-bond donors (Lipinski definition) is 1. The molecule has 0 atom stereocenters. The van der Waals surface area contributed by atoms with Gasteiger partial charge in [0.25, 0.3) is 12.9 Å². The van der Waals surface area contributed by atoms with E-state index < -0.39 is 18.8 Å². The zero-order valence-electron chi connectivity index (χ0n) is 10.7. The van der Waals surface area contributed by atoms with Crippen LogP contribution in [0.4, 0.5) is 17.6 Å². The molecule has 2 nitrogen and oxygen atoms in total. The first kappa shape index (κ1) is 19.5. The Bertz CT molecular complexity index is 181. The number of rotatable bonds is 9. The van der Waals surface area contributed by atoms with Crippen LogP contribution >= 0.6 is 0 Å². The van der Waals surface area contributed by atoms with Crippen LogP contribution in [0.2, 0.25) is 0 Å². The van der Waals surface area contributed by atoms with Gasteiger partial charge in [0.2, 0.25) is 0 Å². The number of hydrogen-bond acceptors (Lipinski definition) is 1. The SMILES string of the molecule is CCCCCCCCCC(=O)O.FC(F)C(F)F. The monoisotopic (exact) mass is 274 g/mol. The van der Waals surface area contributed by atoms with Crippen LogP contribution in [0.3, 0.4) is 0 Å². The predicted octanol–water partition coefficient (Wildman–Crippen LogP) is 4.73. The smallest absolute Gasteiger partial charge is 0.303 e. The summed E-state index contributed by atoms with van der Waals surface area (Å²) in [6, 6.07) is 0. The van der Waals surface area contributed by atoms with Crippen molar-refractivity contribution in [2.45, 2.75) is 71.1 Å². The largest absolute Gasteiger partial charge is 0.481 e. The van der Waals surface area contributed by atoms with E-state index in [4.69, 9.17) is 5.11 Å². The van der Waals surface area contributed by atoms with Crippen molar-refractivity contribution >= 4 is 5.97 Å². The van der Waals surface area contributed by atoms with Crippen LogP contribution in [-0.4, -0.2) is 23.9 Å². The highest BCUT2D eigenvalue weighted by molar-refractivity contribution is 5.66. The van der Waals surface area contributed by atoms with Crippen LogP contribution in [0, 0.1) is 0 Å². The summed E-state index contributed by atoms with van der Waals surface area (Å²) in [7, 11) is 0. The zero-order valence-corrected chi connectivity index (χ0v) is 10.7. The van der Waals surface area contributed by atoms with Crippen LogP contribution in [0.25, 0.3) is 0 Å². The van der Waals surface area contributed by atoms with Gasteiger partial charge in [-0.3, -0.25) is 4.79 Å². The topological polar surface area (TPSA) is 37.3 Å². The van der Waals surface area contributed by atoms with E-state index in [1.54, 1.807) is 0 Å². The Morgan fingerprint density at radius 3 is 1.61 bits per heavy atom. The fraction of sp³-hybridized carbons (Fsp3) is 0.917. The number of aliphatic carboxylic acids is 1. The second kappa shape index (κ2) is 14.3. The molecule has 0 bridgehead atoms. The molecule has 0 aromatic carbocycles. The Hall–Kier alpha value is -0.810. The molecule has 0 aliphatic carbocycles. The first-order valence-corrected chi connectivity index (χ1v) is 6.19. The standard InChI is InChI=1S/C10H20O2.C2H2F4/c1-2-3-4-5-6-7-8-9-10(11)12;3-1(4)2(5)6/h2-9H2,1H3,(H,11,12);1-2H. The van der Waals surface area contributed by atoms with Crippen molar-refractivity contribution in [2.24, 2.45) is 0 Å². The summed E-state index contributed by atoms with van der Waals surface area (Å²) < 4.78 is 41.6. The highest BCUT2D eigenvalue weighted by Gasteiger charge is 2.15. The minimum Gasteiger partial charge on any atom is -0.481 e. The lowest BCUT2D eigenvalue weighted by atomic mass is 10.1. The van der Waals surface area contributed by atoms with Crippen molar-refractivity contribution in [3.05, 3.63) is 0 Å². The van der Waals surface area contributed by atoms with Gasteiger partial charge < -0.3 is 5.11 Å². The summed E-state index contributed by atoms with van der Waals surface area (Å²) in [6.45, 7) is 2.20. The summed E-state index contributed by atoms with van der Waals surface area (Å²) in [5.41, 5.74) is 0. The highest BCUT2D eigenvalue weighted by atomic mass is 19.3. The first-order valence-electron chi connectivity index (χ1n) is 6.19. The van der Waals surface area contributed by atoms with Crippen molar-refractivity contribution < 1.29 is 27.5 Å². The summed E-state index contributed by atoms with van der Waals surface area (Å²) in [6.07, 6.45) is 1.68. The number of carboxylic acids is 1. The molecule has 0 saturated carbocycles. The highest BCUT2D eigenvalue weighted by Crippen LogP contribution is 2.08. The van der Waals surface area contributed by atoms with Crippen molar-refractivity contribution in [3.8, 4) is 0 Å². The molecular formula is C12H22F4O2. The van der Waals surface area contributed by atoms with E-state index in [0.717, 1.165) is 12.8 Å². The van der Waals surface area contributed by atoms with Gasteiger partial charge in [0, 0.05) is 6.42 Å². The van der Waals surface area contributed by atoms with E-state index in [2.05, 4.69) is 6.92 Å². The average molecular weight is 274 g/mol. The van der Waals surface area contributed by atoms with Crippen LogP contribution in [0.15, 0.2) is 0 Å². The summed E-state index contributed by atoms with van der Waals surface area (Å²) in [4.78, 5) is 10.1. The molecule has 0 aromatic heterocycles. The Kier molecular flexibility index (Phi) is 15.5. The molecule has 0 spiro atoms. The minimum absolute atomic E-state index is 0.341. The van der Waals surface area contributed by atoms with E-state index in [0.29, 0.717) is 6.42 Å². The summed E-state index contributed by atoms with van der Waals surface area (Å²) >= 11 is 0. The van der Waals surface area contributed by atoms with Crippen molar-refractivity contribution in [3.63, 3.8) is 0 Å². The maximum absolute atomic E-state index is 10.4. The van der Waals surface area contributed by atoms with Gasteiger partial charge in [-0.1, -0.05) is 45.4 Å². The molecule has 0 amide bonds. The van der Waals surface area contributed by atoms with Gasteiger partial charge in [0.15, 0.2) is 0 Å². The Labute approximate surface area is 105 Å². The Balaban J connectivity index is 0. The fourth-order valence-corrected chi connectivity index (χ4v) is 1.23. The fourth-order valence-electron chi connectivity index (χ4n) is 1.23. The van der Waals surface area contributed by atoms with E-state index >= 15 is 0 Å². The third-order valence-corrected chi connectivity index (χ3v) is 2.18. The Morgan fingerprint density at radius 1 is 0.889 bits per heavy atom. The number of halogens is 4. The third kappa shape index (κ3) is 20.6. The van der Waals surface area contributed by atoms with Gasteiger partial charge in [-0.2, -0.15) is 0 Å². The maximum Gasteiger partial charge on any atom is 0.303 e. The van der Waals surface area contributed by atoms with Crippen molar-refractivity contribution in [2.75, 3.05) is 0 Å². The second-order valence-corrected chi connectivity index (χ2v) is 3.93. The Morgan fingerprint density at radius 2 is 1.28 bits per heavy atom. The minimum atomic E-state index is -3.48. The molecule has 1 N–H and O–H groups in total. The van der Waals surface area contributed by atoms with E-state index in [-0.39, 0.29) is 0 Å². The molecule has 0 aliphatic rings. The molecule has 18 heavy (non-hydrogen) atoms. The molecule has 0 aromatic rings. The molecular weight excluding hydrogens is 252 g/mol. The van der Waals surface area contributed by atoms with Gasteiger partial charge >= 0.3 is 5.97 Å². The van der Waals surface area contributed by atoms with Crippen molar-refractivity contribution in [1.29, 1.82) is 0 Å². The number of alkyl halides is 4. The lowest BCUT2D eigenvalue weighted by Gasteiger charge is -1.98. The molecule has 0 rings (SSSR count). The number of carbonyl (C=O) groups is 1. The van der Waals surface area contributed by atoms with Crippen LogP contribution < -0.4 is 0 Å².